The summed E-state index contributed by atoms with van der Waals surface area (Å²) in [5.41, 5.74) is 3.77. The molecule has 14 heteroatoms. The molecule has 1 amide bonds. The molecule has 4 fully saturated rings. The minimum atomic E-state index is -4.11. The number of aromatic nitrogens is 4. The highest BCUT2D eigenvalue weighted by Crippen LogP contribution is 2.54. The Labute approximate surface area is 312 Å². The number of piperidine rings is 2. The molecule has 0 radical (unpaired) electrons. The lowest BCUT2D eigenvalue weighted by Gasteiger charge is -2.54. The SMILES string of the molecule is C=CC(=O)N1CC2(CCN(c3nc(OC4CCN(CCCOC)CC4)nc4c(OC(F)(F)CF)c(-c5c(C)ccc6[nH]ncc56)c(C5CC5)cc34)CC2)C1. The van der Waals surface area contributed by atoms with Crippen molar-refractivity contribution in [3.8, 4) is 22.9 Å². The number of nitrogens with zero attached hydrogens (tertiary/aromatic N) is 6. The molecule has 1 saturated carbocycles. The van der Waals surface area contributed by atoms with E-state index in [1.165, 1.54) is 6.08 Å². The summed E-state index contributed by atoms with van der Waals surface area (Å²) in [7, 11) is 1.71. The normalized spacial score (nSPS) is 19.4. The van der Waals surface area contributed by atoms with Crippen LogP contribution in [-0.2, 0) is 9.53 Å². The number of amides is 1. The van der Waals surface area contributed by atoms with Crippen molar-refractivity contribution >= 4 is 33.5 Å². The maximum Gasteiger partial charge on any atom is 0.427 e. The van der Waals surface area contributed by atoms with Gasteiger partial charge in [-0.05, 0) is 92.7 Å². The van der Waals surface area contributed by atoms with E-state index in [1.807, 2.05) is 30.0 Å². The van der Waals surface area contributed by atoms with E-state index in [9.17, 15) is 9.18 Å². The van der Waals surface area contributed by atoms with Gasteiger partial charge in [0, 0.05) is 81.3 Å². The molecule has 2 aromatic carbocycles. The number of hydrogen-bond donors (Lipinski definition) is 1. The number of nitrogens with one attached hydrogen (secondary N) is 1. The maximum atomic E-state index is 15.3. The van der Waals surface area contributed by atoms with Gasteiger partial charge in [0.15, 0.2) is 12.4 Å². The Morgan fingerprint density at radius 2 is 1.83 bits per heavy atom. The minimum Gasteiger partial charge on any atom is -0.460 e. The first-order chi connectivity index (χ1) is 26.1. The molecule has 0 atom stereocenters. The molecule has 3 saturated heterocycles. The van der Waals surface area contributed by atoms with Crippen LogP contribution in [0.3, 0.4) is 0 Å². The van der Waals surface area contributed by atoms with E-state index in [0.717, 1.165) is 86.6 Å². The summed E-state index contributed by atoms with van der Waals surface area (Å²) >= 11 is 0. The number of methoxy groups -OCH3 is 1. The number of fused-ring (bicyclic) bond motifs is 2. The van der Waals surface area contributed by atoms with Gasteiger partial charge >= 0.3 is 12.1 Å². The Morgan fingerprint density at radius 3 is 2.52 bits per heavy atom. The monoisotopic (exact) mass is 747 g/mol. The van der Waals surface area contributed by atoms with E-state index in [0.29, 0.717) is 55.1 Å². The molecule has 4 aliphatic rings. The number of rotatable bonds is 13. The molecule has 5 heterocycles. The number of halogens is 3. The second-order valence-electron chi connectivity index (χ2n) is 15.5. The summed E-state index contributed by atoms with van der Waals surface area (Å²) in [5.74, 6) is 0.439. The second-order valence-corrected chi connectivity index (χ2v) is 15.5. The van der Waals surface area contributed by atoms with Crippen LogP contribution in [0.1, 0.15) is 62.0 Å². The Bertz CT molecular complexity index is 2030. The number of hydrogen-bond acceptors (Lipinski definition) is 9. The molecule has 288 valence electrons. The van der Waals surface area contributed by atoms with E-state index in [1.54, 1.807) is 13.3 Å². The van der Waals surface area contributed by atoms with Crippen LogP contribution in [0.5, 0.6) is 11.8 Å². The molecule has 1 aliphatic carbocycles. The van der Waals surface area contributed by atoms with Crippen molar-refractivity contribution in [1.29, 1.82) is 0 Å². The number of alkyl halides is 3. The van der Waals surface area contributed by atoms with Crippen LogP contribution in [0, 0.1) is 12.3 Å². The van der Waals surface area contributed by atoms with Gasteiger partial charge in [0.05, 0.1) is 11.7 Å². The number of aryl methyl sites for hydroxylation is 1. The van der Waals surface area contributed by atoms with E-state index < -0.39 is 12.8 Å². The lowest BCUT2D eigenvalue weighted by molar-refractivity contribution is -0.185. The fraction of sp³-hybridized carbons (Fsp3) is 0.550. The minimum absolute atomic E-state index is 0.0131. The van der Waals surface area contributed by atoms with Gasteiger partial charge in [-0.25, -0.2) is 4.39 Å². The predicted octanol–water partition coefficient (Wildman–Crippen LogP) is 6.79. The van der Waals surface area contributed by atoms with Crippen molar-refractivity contribution in [2.45, 2.75) is 70.0 Å². The van der Waals surface area contributed by atoms with Gasteiger partial charge in [0.1, 0.15) is 17.4 Å². The number of ether oxygens (including phenoxy) is 3. The number of carbonyl (C=O) groups is 1. The Balaban J connectivity index is 1.24. The summed E-state index contributed by atoms with van der Waals surface area (Å²) in [5, 5.41) is 8.58. The predicted molar refractivity (Wildman–Crippen MR) is 200 cm³/mol. The topological polar surface area (TPSA) is 109 Å². The second kappa shape index (κ2) is 14.7. The average Bonchev–Trinajstić information content (AvgIpc) is 3.90. The molecule has 3 aliphatic heterocycles. The lowest BCUT2D eigenvalue weighted by atomic mass is 9.72. The largest absolute Gasteiger partial charge is 0.460 e. The van der Waals surface area contributed by atoms with Crippen molar-refractivity contribution in [3.63, 3.8) is 0 Å². The molecule has 1 spiro atoms. The van der Waals surface area contributed by atoms with E-state index >= 15 is 8.78 Å². The van der Waals surface area contributed by atoms with Crippen LogP contribution < -0.4 is 14.4 Å². The summed E-state index contributed by atoms with van der Waals surface area (Å²) in [6, 6.07) is 5.95. The standard InChI is InChI=1S/C40H48F3N7O4/c1-4-32(51)50-23-39(24-50)12-17-49(18-13-39)37-29-20-28(26-7-8-26)34(33-25(2)6-9-31-30(33)21-44-47-31)36(54-40(42,43)22-41)35(29)45-38(46-37)53-27-10-15-48(16-11-27)14-5-19-52-3/h4,6,9,20-21,26-27H,1,5,7-8,10-19,22-24H2,2-3H3,(H,44,47). The number of aromatic amines is 1. The lowest BCUT2D eigenvalue weighted by Crippen LogP contribution is -2.61. The first-order valence-corrected chi connectivity index (χ1v) is 19.1. The fourth-order valence-corrected chi connectivity index (χ4v) is 8.61. The van der Waals surface area contributed by atoms with Gasteiger partial charge < -0.3 is 28.9 Å². The number of H-pyrrole nitrogens is 1. The van der Waals surface area contributed by atoms with E-state index in [4.69, 9.17) is 24.2 Å². The van der Waals surface area contributed by atoms with Crippen LogP contribution in [-0.4, -0.2) is 114 Å². The summed E-state index contributed by atoms with van der Waals surface area (Å²) in [6.07, 6.45) is 4.63. The molecular weight excluding hydrogens is 699 g/mol. The van der Waals surface area contributed by atoms with Crippen molar-refractivity contribution in [3.05, 3.63) is 48.2 Å². The number of anilines is 1. The molecule has 54 heavy (non-hydrogen) atoms. The Morgan fingerprint density at radius 1 is 1.07 bits per heavy atom. The van der Waals surface area contributed by atoms with Crippen LogP contribution in [0.25, 0.3) is 32.9 Å². The molecule has 1 N–H and O–H groups in total. The average molecular weight is 748 g/mol. The quantitative estimate of drug-likeness (QED) is 0.117. The van der Waals surface area contributed by atoms with Crippen LogP contribution in [0.4, 0.5) is 19.0 Å². The van der Waals surface area contributed by atoms with E-state index in [2.05, 4.69) is 26.6 Å². The smallest absolute Gasteiger partial charge is 0.427 e. The highest BCUT2D eigenvalue weighted by Gasteiger charge is 2.47. The fourth-order valence-electron chi connectivity index (χ4n) is 8.61. The number of carbonyl (C=O) groups excluding carboxylic acids is 1. The van der Waals surface area contributed by atoms with Crippen molar-refractivity contribution < 1.29 is 32.2 Å². The third-order valence-corrected chi connectivity index (χ3v) is 11.7. The first-order valence-electron chi connectivity index (χ1n) is 19.1. The first kappa shape index (κ1) is 36.5. The molecule has 4 aromatic rings. The van der Waals surface area contributed by atoms with Crippen molar-refractivity contribution in [2.24, 2.45) is 5.41 Å². The summed E-state index contributed by atoms with van der Waals surface area (Å²) < 4.78 is 62.0. The molecule has 0 bridgehead atoms. The van der Waals surface area contributed by atoms with Gasteiger partial charge in [-0.15, -0.1) is 0 Å². The van der Waals surface area contributed by atoms with Gasteiger partial charge in [-0.3, -0.25) is 9.89 Å². The molecule has 0 unspecified atom stereocenters. The van der Waals surface area contributed by atoms with Crippen molar-refractivity contribution in [1.82, 2.24) is 30.0 Å². The van der Waals surface area contributed by atoms with Gasteiger partial charge in [0.25, 0.3) is 0 Å². The Kier molecular flexibility index (Phi) is 9.92. The van der Waals surface area contributed by atoms with Gasteiger partial charge in [-0.2, -0.15) is 23.8 Å². The zero-order valence-electron chi connectivity index (χ0n) is 31.0. The third-order valence-electron chi connectivity index (χ3n) is 11.7. The summed E-state index contributed by atoms with van der Waals surface area (Å²) in [4.78, 5) is 28.5. The van der Waals surface area contributed by atoms with Crippen LogP contribution >= 0.6 is 0 Å². The molecule has 2 aromatic heterocycles. The highest BCUT2D eigenvalue weighted by molar-refractivity contribution is 6.06. The Hall–Kier alpha value is -4.43. The van der Waals surface area contributed by atoms with Gasteiger partial charge in [-0.1, -0.05) is 12.6 Å². The van der Waals surface area contributed by atoms with Gasteiger partial charge in [0.2, 0.25) is 5.91 Å². The highest BCUT2D eigenvalue weighted by atomic mass is 19.3. The summed E-state index contributed by atoms with van der Waals surface area (Å²) in [6.45, 7) is 9.53. The molecule has 8 rings (SSSR count). The zero-order chi connectivity index (χ0) is 37.6. The molecule has 11 nitrogen and oxygen atoms in total. The zero-order valence-corrected chi connectivity index (χ0v) is 31.0. The number of likely N-dealkylation sites (tertiary alicyclic amines) is 2. The van der Waals surface area contributed by atoms with Crippen LogP contribution in [0.15, 0.2) is 37.1 Å². The third kappa shape index (κ3) is 7.10. The van der Waals surface area contributed by atoms with E-state index in [-0.39, 0.29) is 40.6 Å². The maximum absolute atomic E-state index is 15.3. The molecular formula is C40H48F3N7O4. The van der Waals surface area contributed by atoms with Crippen LogP contribution in [0.2, 0.25) is 0 Å². The number of benzene rings is 2. The van der Waals surface area contributed by atoms with Crippen molar-refractivity contribution in [2.75, 3.05) is 71.1 Å².